The van der Waals surface area contributed by atoms with Gasteiger partial charge in [-0.3, -0.25) is 9.59 Å². The van der Waals surface area contributed by atoms with Gasteiger partial charge in [0.05, 0.1) is 11.3 Å². The Kier molecular flexibility index (Phi) is 4.64. The average Bonchev–Trinajstić information content (AvgIpc) is 2.77. The molecule has 0 fully saturated rings. The lowest BCUT2D eigenvalue weighted by atomic mass is 10.2. The zero-order valence-corrected chi connectivity index (χ0v) is 16.0. The molecule has 0 radical (unpaired) electrons. The maximum Gasteiger partial charge on any atom is 0.259 e. The molecular formula is C21H15ClN2O2S. The molecule has 3 aromatic carbocycles. The molecule has 0 spiro atoms. The highest BCUT2D eigenvalue weighted by atomic mass is 35.5. The number of hydrogen-bond donors (Lipinski definition) is 1. The van der Waals surface area contributed by atoms with E-state index in [1.807, 2.05) is 36.4 Å². The van der Waals surface area contributed by atoms with Gasteiger partial charge in [-0.1, -0.05) is 35.5 Å². The van der Waals surface area contributed by atoms with Gasteiger partial charge in [-0.15, -0.1) is 0 Å². The van der Waals surface area contributed by atoms with Crippen molar-refractivity contribution in [1.29, 1.82) is 0 Å². The number of benzene rings is 3. The molecule has 1 aliphatic heterocycles. The van der Waals surface area contributed by atoms with Crippen molar-refractivity contribution in [3.05, 3.63) is 82.9 Å². The van der Waals surface area contributed by atoms with Gasteiger partial charge in [0.15, 0.2) is 0 Å². The fraction of sp³-hybridized carbons (Fsp3) is 0.0476. The second-order valence-electron chi connectivity index (χ2n) is 6.11. The second-order valence-corrected chi connectivity index (χ2v) is 7.63. The zero-order chi connectivity index (χ0) is 19.0. The van der Waals surface area contributed by atoms with Gasteiger partial charge < -0.3 is 10.2 Å². The summed E-state index contributed by atoms with van der Waals surface area (Å²) in [6.45, 7) is 0. The summed E-state index contributed by atoms with van der Waals surface area (Å²) >= 11 is 7.39. The van der Waals surface area contributed by atoms with E-state index >= 15 is 0 Å². The largest absolute Gasteiger partial charge is 0.322 e. The third-order valence-electron chi connectivity index (χ3n) is 4.33. The minimum absolute atomic E-state index is 0.0465. The van der Waals surface area contributed by atoms with Gasteiger partial charge >= 0.3 is 0 Å². The quantitative estimate of drug-likeness (QED) is 0.638. The van der Waals surface area contributed by atoms with Crippen LogP contribution in [0.2, 0.25) is 5.02 Å². The summed E-state index contributed by atoms with van der Waals surface area (Å²) in [5.74, 6) is -0.259. The predicted molar refractivity (Wildman–Crippen MR) is 109 cm³/mol. The van der Waals surface area contributed by atoms with Crippen molar-refractivity contribution >= 4 is 46.6 Å². The molecule has 0 unspecified atom stereocenters. The van der Waals surface area contributed by atoms with Gasteiger partial charge in [0.2, 0.25) is 0 Å². The molecule has 6 heteroatoms. The Morgan fingerprint density at radius 3 is 2.52 bits per heavy atom. The molecule has 0 saturated heterocycles. The number of rotatable bonds is 2. The summed E-state index contributed by atoms with van der Waals surface area (Å²) in [5, 5.41) is 3.48. The maximum atomic E-state index is 12.7. The van der Waals surface area contributed by atoms with Crippen LogP contribution in [0.15, 0.2) is 76.5 Å². The van der Waals surface area contributed by atoms with Crippen molar-refractivity contribution in [2.45, 2.75) is 9.79 Å². The Balaban J connectivity index is 1.66. The molecule has 2 amide bonds. The third kappa shape index (κ3) is 3.44. The van der Waals surface area contributed by atoms with Gasteiger partial charge in [0, 0.05) is 33.1 Å². The number of anilines is 2. The zero-order valence-electron chi connectivity index (χ0n) is 14.4. The number of fused-ring (bicyclic) bond motifs is 2. The van der Waals surface area contributed by atoms with Crippen LogP contribution in [0.5, 0.6) is 0 Å². The van der Waals surface area contributed by atoms with Crippen molar-refractivity contribution in [3.8, 4) is 0 Å². The van der Waals surface area contributed by atoms with Gasteiger partial charge in [-0.05, 0) is 54.6 Å². The number of carbonyl (C=O) groups is 2. The summed E-state index contributed by atoms with van der Waals surface area (Å²) in [5.41, 5.74) is 2.68. The Hall–Kier alpha value is -2.76. The second kappa shape index (κ2) is 7.10. The first-order valence-electron chi connectivity index (χ1n) is 8.29. The SMILES string of the molecule is CN1C(=O)c2ccccc2Sc2cc(NC(=O)c3ccc(Cl)cc3)ccc21. The fourth-order valence-electron chi connectivity index (χ4n) is 2.90. The van der Waals surface area contributed by atoms with E-state index in [4.69, 9.17) is 11.6 Å². The summed E-state index contributed by atoms with van der Waals surface area (Å²) in [6, 6.07) is 19.8. The molecule has 4 nitrogen and oxygen atoms in total. The van der Waals surface area contributed by atoms with Crippen LogP contribution in [0.3, 0.4) is 0 Å². The van der Waals surface area contributed by atoms with Crippen LogP contribution in [0.25, 0.3) is 0 Å². The van der Waals surface area contributed by atoms with Crippen LogP contribution < -0.4 is 10.2 Å². The van der Waals surface area contributed by atoms with E-state index in [0.717, 1.165) is 15.5 Å². The number of amides is 2. The van der Waals surface area contributed by atoms with Crippen molar-refractivity contribution < 1.29 is 9.59 Å². The van der Waals surface area contributed by atoms with E-state index in [1.54, 1.807) is 42.3 Å². The molecule has 1 N–H and O–H groups in total. The molecule has 1 heterocycles. The highest BCUT2D eigenvalue weighted by Gasteiger charge is 2.24. The lowest BCUT2D eigenvalue weighted by Gasteiger charge is -2.18. The van der Waals surface area contributed by atoms with Crippen LogP contribution in [0.1, 0.15) is 20.7 Å². The molecule has 0 bridgehead atoms. The fourth-order valence-corrected chi connectivity index (χ4v) is 4.17. The molecule has 4 rings (SSSR count). The van der Waals surface area contributed by atoms with Crippen molar-refractivity contribution in [2.75, 3.05) is 17.3 Å². The molecular weight excluding hydrogens is 380 g/mol. The number of hydrogen-bond acceptors (Lipinski definition) is 3. The Morgan fingerprint density at radius 2 is 1.74 bits per heavy atom. The van der Waals surface area contributed by atoms with Gasteiger partial charge in [-0.25, -0.2) is 0 Å². The van der Waals surface area contributed by atoms with Crippen LogP contribution in [0, 0.1) is 0 Å². The van der Waals surface area contributed by atoms with E-state index in [1.165, 1.54) is 11.8 Å². The van der Waals surface area contributed by atoms with Gasteiger partial charge in [0.25, 0.3) is 11.8 Å². The van der Waals surface area contributed by atoms with E-state index in [-0.39, 0.29) is 11.8 Å². The number of nitrogens with zero attached hydrogens (tertiary/aromatic N) is 1. The lowest BCUT2D eigenvalue weighted by molar-refractivity contribution is 0.0988. The average molecular weight is 395 g/mol. The summed E-state index contributed by atoms with van der Waals surface area (Å²) in [6.07, 6.45) is 0. The van der Waals surface area contributed by atoms with Gasteiger partial charge in [-0.2, -0.15) is 0 Å². The molecule has 0 saturated carbocycles. The summed E-state index contributed by atoms with van der Waals surface area (Å²) in [7, 11) is 1.76. The van der Waals surface area contributed by atoms with Crippen molar-refractivity contribution in [3.63, 3.8) is 0 Å². The normalized spacial score (nSPS) is 12.8. The highest BCUT2D eigenvalue weighted by molar-refractivity contribution is 7.99. The van der Waals surface area contributed by atoms with E-state index in [9.17, 15) is 9.59 Å². The monoisotopic (exact) mass is 394 g/mol. The number of halogens is 1. The Morgan fingerprint density at radius 1 is 1.00 bits per heavy atom. The summed E-state index contributed by atoms with van der Waals surface area (Å²) in [4.78, 5) is 28.6. The molecule has 27 heavy (non-hydrogen) atoms. The highest BCUT2D eigenvalue weighted by Crippen LogP contribution is 2.42. The van der Waals surface area contributed by atoms with Crippen LogP contribution in [-0.2, 0) is 0 Å². The first-order chi connectivity index (χ1) is 13.0. The van der Waals surface area contributed by atoms with Crippen molar-refractivity contribution in [1.82, 2.24) is 0 Å². The van der Waals surface area contributed by atoms with Gasteiger partial charge in [0.1, 0.15) is 0 Å². The maximum absolute atomic E-state index is 12.7. The lowest BCUT2D eigenvalue weighted by Crippen LogP contribution is -2.26. The van der Waals surface area contributed by atoms with Crippen molar-refractivity contribution in [2.24, 2.45) is 0 Å². The first-order valence-corrected chi connectivity index (χ1v) is 9.48. The Bertz CT molecular complexity index is 1050. The Labute approximate surface area is 166 Å². The summed E-state index contributed by atoms with van der Waals surface area (Å²) < 4.78 is 0. The molecule has 1 aliphatic rings. The van der Waals surface area contributed by atoms with Crippen LogP contribution in [-0.4, -0.2) is 18.9 Å². The van der Waals surface area contributed by atoms with E-state index < -0.39 is 0 Å². The molecule has 134 valence electrons. The standard InChI is InChI=1S/C21H15ClN2O2S/c1-24-17-11-10-15(23-20(25)13-6-8-14(22)9-7-13)12-19(17)27-18-5-3-2-4-16(18)21(24)26/h2-12H,1H3,(H,23,25). The number of nitrogens with one attached hydrogen (secondary N) is 1. The molecule has 0 aliphatic carbocycles. The molecule has 0 aromatic heterocycles. The first kappa shape index (κ1) is 17.6. The smallest absolute Gasteiger partial charge is 0.259 e. The van der Waals surface area contributed by atoms with E-state index in [2.05, 4.69) is 5.32 Å². The predicted octanol–water partition coefficient (Wildman–Crippen LogP) is 5.33. The molecule has 0 atom stereocenters. The number of carbonyl (C=O) groups excluding carboxylic acids is 2. The topological polar surface area (TPSA) is 49.4 Å². The van der Waals surface area contributed by atoms with Crippen LogP contribution >= 0.6 is 23.4 Å². The van der Waals surface area contributed by atoms with Crippen LogP contribution in [0.4, 0.5) is 11.4 Å². The van der Waals surface area contributed by atoms with E-state index in [0.29, 0.717) is 21.8 Å². The minimum Gasteiger partial charge on any atom is -0.322 e. The molecule has 3 aromatic rings. The minimum atomic E-state index is -0.213. The third-order valence-corrected chi connectivity index (χ3v) is 5.70.